The van der Waals surface area contributed by atoms with Gasteiger partial charge in [-0.3, -0.25) is 4.90 Å². The average molecular weight is 333 g/mol. The number of hydrogen-bond acceptors (Lipinski definition) is 7. The van der Waals surface area contributed by atoms with Gasteiger partial charge in [0.1, 0.15) is 11.6 Å². The van der Waals surface area contributed by atoms with Crippen LogP contribution < -0.4 is 4.90 Å². The molecule has 6 nitrogen and oxygen atoms in total. The van der Waals surface area contributed by atoms with Gasteiger partial charge in [-0.15, -0.1) is 0 Å². The molecule has 23 heavy (non-hydrogen) atoms. The minimum absolute atomic E-state index is 0.850. The van der Waals surface area contributed by atoms with Crippen molar-refractivity contribution in [3.63, 3.8) is 0 Å². The molecule has 0 N–H and O–H groups in total. The van der Waals surface area contributed by atoms with Crippen LogP contribution in [0.25, 0.3) is 0 Å². The first-order valence-electron chi connectivity index (χ1n) is 7.85. The second-order valence-electron chi connectivity index (χ2n) is 5.94. The van der Waals surface area contributed by atoms with E-state index in [0.717, 1.165) is 60.8 Å². The fourth-order valence-corrected chi connectivity index (χ4v) is 3.23. The first-order chi connectivity index (χ1) is 11.1. The van der Waals surface area contributed by atoms with Crippen LogP contribution in [0.2, 0.25) is 0 Å². The molecule has 0 saturated carbocycles. The van der Waals surface area contributed by atoms with Gasteiger partial charge in [-0.25, -0.2) is 9.97 Å². The molecule has 0 aliphatic carbocycles. The molecule has 0 radical (unpaired) electrons. The molecular formula is C16H23N5OS. The number of nitrogens with zero attached hydrogens (tertiary/aromatic N) is 5. The smallest absolute Gasteiger partial charge is 0.189 e. The van der Waals surface area contributed by atoms with Gasteiger partial charge < -0.3 is 9.42 Å². The molecule has 0 amide bonds. The van der Waals surface area contributed by atoms with Crippen LogP contribution in [0.4, 0.5) is 5.82 Å². The summed E-state index contributed by atoms with van der Waals surface area (Å²) in [5.74, 6) is 1.95. The molecule has 0 atom stereocenters. The van der Waals surface area contributed by atoms with Gasteiger partial charge in [0.05, 0.1) is 5.69 Å². The zero-order valence-electron chi connectivity index (χ0n) is 14.2. The van der Waals surface area contributed by atoms with Gasteiger partial charge in [-0.05, 0) is 27.0 Å². The third-order valence-corrected chi connectivity index (χ3v) is 4.81. The van der Waals surface area contributed by atoms with Crippen molar-refractivity contribution in [2.24, 2.45) is 0 Å². The molecule has 0 aromatic carbocycles. The van der Waals surface area contributed by atoms with Crippen molar-refractivity contribution in [2.45, 2.75) is 32.5 Å². The third-order valence-electron chi connectivity index (χ3n) is 4.26. The second-order valence-corrected chi connectivity index (χ2v) is 6.71. The molecule has 1 saturated heterocycles. The van der Waals surface area contributed by atoms with Crippen molar-refractivity contribution >= 4 is 17.6 Å². The number of hydrogen-bond donors (Lipinski definition) is 0. The van der Waals surface area contributed by atoms with E-state index in [0.29, 0.717) is 0 Å². The molecule has 3 heterocycles. The van der Waals surface area contributed by atoms with Gasteiger partial charge in [-0.1, -0.05) is 16.9 Å². The van der Waals surface area contributed by atoms with E-state index in [1.165, 1.54) is 5.56 Å². The maximum absolute atomic E-state index is 5.14. The van der Waals surface area contributed by atoms with Gasteiger partial charge in [0.2, 0.25) is 0 Å². The molecule has 7 heteroatoms. The van der Waals surface area contributed by atoms with Crippen LogP contribution >= 0.6 is 11.8 Å². The lowest BCUT2D eigenvalue weighted by Gasteiger charge is -2.35. The Morgan fingerprint density at radius 3 is 2.48 bits per heavy atom. The minimum Gasteiger partial charge on any atom is -0.361 e. The topological polar surface area (TPSA) is 58.3 Å². The van der Waals surface area contributed by atoms with Crippen molar-refractivity contribution in [1.82, 2.24) is 20.0 Å². The summed E-state index contributed by atoms with van der Waals surface area (Å²) >= 11 is 1.60. The Labute approximate surface area is 141 Å². The van der Waals surface area contributed by atoms with E-state index in [2.05, 4.69) is 33.8 Å². The number of thioether (sulfide) groups is 1. The van der Waals surface area contributed by atoms with Crippen LogP contribution in [0.1, 0.15) is 22.7 Å². The Kier molecular flexibility index (Phi) is 4.87. The van der Waals surface area contributed by atoms with E-state index in [1.54, 1.807) is 11.8 Å². The van der Waals surface area contributed by atoms with Gasteiger partial charge in [-0.2, -0.15) is 0 Å². The standard InChI is InChI=1S/C16H23N5OS/c1-11-9-14(19-22-11)10-20-5-7-21(8-6-20)15-12(2)13(3)17-16(18-15)23-4/h9H,5-8,10H2,1-4H3. The highest BCUT2D eigenvalue weighted by Crippen LogP contribution is 2.24. The van der Waals surface area contributed by atoms with E-state index in [4.69, 9.17) is 9.51 Å². The van der Waals surface area contributed by atoms with Gasteiger partial charge in [0.25, 0.3) is 0 Å². The molecule has 0 spiro atoms. The highest BCUT2D eigenvalue weighted by molar-refractivity contribution is 7.98. The quantitative estimate of drug-likeness (QED) is 0.629. The maximum Gasteiger partial charge on any atom is 0.189 e. The molecule has 124 valence electrons. The fraction of sp³-hybridized carbons (Fsp3) is 0.562. The summed E-state index contributed by atoms with van der Waals surface area (Å²) in [5.41, 5.74) is 3.26. The summed E-state index contributed by atoms with van der Waals surface area (Å²) in [5, 5.41) is 4.93. The van der Waals surface area contributed by atoms with Gasteiger partial charge in [0.15, 0.2) is 5.16 Å². The third kappa shape index (κ3) is 3.67. The highest BCUT2D eigenvalue weighted by atomic mass is 32.2. The number of piperazine rings is 1. The molecule has 3 rings (SSSR count). The zero-order valence-corrected chi connectivity index (χ0v) is 15.0. The Morgan fingerprint density at radius 1 is 1.13 bits per heavy atom. The summed E-state index contributed by atoms with van der Waals surface area (Å²) in [7, 11) is 0. The van der Waals surface area contributed by atoms with Crippen LogP contribution in [0.5, 0.6) is 0 Å². The molecule has 0 unspecified atom stereocenters. The Bertz CT molecular complexity index is 679. The minimum atomic E-state index is 0.850. The fourth-order valence-electron chi connectivity index (χ4n) is 2.83. The largest absolute Gasteiger partial charge is 0.361 e. The summed E-state index contributed by atoms with van der Waals surface area (Å²) < 4.78 is 5.14. The van der Waals surface area contributed by atoms with Gasteiger partial charge >= 0.3 is 0 Å². The van der Waals surface area contributed by atoms with E-state index in [1.807, 2.05) is 19.2 Å². The Balaban J connectivity index is 1.66. The normalized spacial score (nSPS) is 16.1. The lowest BCUT2D eigenvalue weighted by Crippen LogP contribution is -2.46. The van der Waals surface area contributed by atoms with Crippen LogP contribution in [0.15, 0.2) is 15.7 Å². The van der Waals surface area contributed by atoms with E-state index >= 15 is 0 Å². The molecule has 0 bridgehead atoms. The predicted octanol–water partition coefficient (Wildman–Crippen LogP) is 2.43. The van der Waals surface area contributed by atoms with Crippen molar-refractivity contribution < 1.29 is 4.52 Å². The van der Waals surface area contributed by atoms with Gasteiger partial charge in [0, 0.05) is 50.0 Å². The monoisotopic (exact) mass is 333 g/mol. The lowest BCUT2D eigenvalue weighted by atomic mass is 10.2. The number of aromatic nitrogens is 3. The van der Waals surface area contributed by atoms with Crippen LogP contribution in [0, 0.1) is 20.8 Å². The van der Waals surface area contributed by atoms with Crippen LogP contribution in [0.3, 0.4) is 0 Å². The highest BCUT2D eigenvalue weighted by Gasteiger charge is 2.21. The second kappa shape index (κ2) is 6.88. The number of aryl methyl sites for hydroxylation is 2. The summed E-state index contributed by atoms with van der Waals surface area (Å²) in [4.78, 5) is 14.0. The predicted molar refractivity (Wildman–Crippen MR) is 92.0 cm³/mol. The Morgan fingerprint density at radius 2 is 1.87 bits per heavy atom. The molecule has 1 aliphatic heterocycles. The molecular weight excluding hydrogens is 310 g/mol. The zero-order chi connectivity index (χ0) is 16.4. The van der Waals surface area contributed by atoms with E-state index in [9.17, 15) is 0 Å². The SMILES string of the molecule is CSc1nc(C)c(C)c(N2CCN(Cc3cc(C)on3)CC2)n1. The van der Waals surface area contributed by atoms with Crippen LogP contribution in [-0.2, 0) is 6.54 Å². The Hall–Kier alpha value is -1.60. The molecule has 1 fully saturated rings. The maximum atomic E-state index is 5.14. The summed E-state index contributed by atoms with van der Waals surface area (Å²) in [6.45, 7) is 10.9. The van der Waals surface area contributed by atoms with E-state index < -0.39 is 0 Å². The molecule has 2 aromatic rings. The van der Waals surface area contributed by atoms with Crippen LogP contribution in [-0.4, -0.2) is 52.5 Å². The average Bonchev–Trinajstić information content (AvgIpc) is 2.96. The van der Waals surface area contributed by atoms with Crippen molar-refractivity contribution in [3.05, 3.63) is 28.8 Å². The lowest BCUT2D eigenvalue weighted by molar-refractivity contribution is 0.241. The first kappa shape index (κ1) is 16.3. The summed E-state index contributed by atoms with van der Waals surface area (Å²) in [6.07, 6.45) is 2.02. The number of anilines is 1. The van der Waals surface area contributed by atoms with E-state index in [-0.39, 0.29) is 0 Å². The van der Waals surface area contributed by atoms with Crippen molar-refractivity contribution in [3.8, 4) is 0 Å². The number of rotatable bonds is 4. The first-order valence-corrected chi connectivity index (χ1v) is 9.08. The molecule has 2 aromatic heterocycles. The summed E-state index contributed by atoms with van der Waals surface area (Å²) in [6, 6.07) is 2.01. The van der Waals surface area contributed by atoms with Crippen molar-refractivity contribution in [2.75, 3.05) is 37.3 Å². The van der Waals surface area contributed by atoms with Crippen molar-refractivity contribution in [1.29, 1.82) is 0 Å². The molecule has 1 aliphatic rings.